The van der Waals surface area contributed by atoms with Crippen molar-refractivity contribution in [2.75, 3.05) is 18.5 Å². The van der Waals surface area contributed by atoms with Crippen molar-refractivity contribution in [2.24, 2.45) is 0 Å². The molecule has 2 aromatic rings. The first-order valence-electron chi connectivity index (χ1n) is 9.25. The molecule has 28 heavy (non-hydrogen) atoms. The number of hydrogen-bond donors (Lipinski definition) is 2. The summed E-state index contributed by atoms with van der Waals surface area (Å²) in [5, 5.41) is 5.57. The highest BCUT2D eigenvalue weighted by Crippen LogP contribution is 2.18. The highest BCUT2D eigenvalue weighted by atomic mass is 19.1. The second kappa shape index (κ2) is 9.32. The highest BCUT2D eigenvalue weighted by Gasteiger charge is 2.20. The molecule has 7 heteroatoms. The predicted octanol–water partition coefficient (Wildman–Crippen LogP) is 3.14. The van der Waals surface area contributed by atoms with Crippen molar-refractivity contribution >= 4 is 17.5 Å². The Morgan fingerprint density at radius 3 is 2.68 bits per heavy atom. The maximum atomic E-state index is 13.0. The van der Waals surface area contributed by atoms with Gasteiger partial charge in [-0.15, -0.1) is 0 Å². The number of nitrogens with one attached hydrogen (secondary N) is 2. The van der Waals surface area contributed by atoms with Crippen LogP contribution in [0.25, 0.3) is 0 Å². The molecule has 148 valence electrons. The molecule has 1 heterocycles. The Hall–Kier alpha value is -2.93. The van der Waals surface area contributed by atoms with Gasteiger partial charge in [0, 0.05) is 13.2 Å². The van der Waals surface area contributed by atoms with Crippen LogP contribution in [0.4, 0.5) is 10.1 Å². The van der Waals surface area contributed by atoms with Crippen LogP contribution in [0, 0.1) is 5.82 Å². The van der Waals surface area contributed by atoms with E-state index in [9.17, 15) is 14.0 Å². The fourth-order valence-corrected chi connectivity index (χ4v) is 2.90. The molecule has 0 spiro atoms. The molecule has 1 aliphatic rings. The Bertz CT molecular complexity index is 819. The van der Waals surface area contributed by atoms with Crippen LogP contribution in [-0.2, 0) is 9.53 Å². The van der Waals surface area contributed by atoms with Crippen molar-refractivity contribution in [1.29, 1.82) is 0 Å². The minimum Gasteiger partial charge on any atom is -0.481 e. The average molecular weight is 386 g/mol. The number of carbonyl (C=O) groups is 2. The van der Waals surface area contributed by atoms with Crippen LogP contribution < -0.4 is 15.4 Å². The van der Waals surface area contributed by atoms with Gasteiger partial charge in [-0.05, 0) is 56.2 Å². The van der Waals surface area contributed by atoms with E-state index in [1.54, 1.807) is 31.2 Å². The van der Waals surface area contributed by atoms with Gasteiger partial charge in [0.25, 0.3) is 11.8 Å². The molecule has 1 saturated heterocycles. The van der Waals surface area contributed by atoms with Crippen molar-refractivity contribution in [3.8, 4) is 5.75 Å². The Balaban J connectivity index is 1.60. The molecule has 0 bridgehead atoms. The first-order chi connectivity index (χ1) is 13.5. The van der Waals surface area contributed by atoms with Crippen molar-refractivity contribution in [1.82, 2.24) is 5.32 Å². The summed E-state index contributed by atoms with van der Waals surface area (Å²) < 4.78 is 24.0. The Labute approximate surface area is 163 Å². The van der Waals surface area contributed by atoms with E-state index >= 15 is 0 Å². The molecule has 0 unspecified atom stereocenters. The van der Waals surface area contributed by atoms with Crippen LogP contribution in [0.2, 0.25) is 0 Å². The van der Waals surface area contributed by atoms with Crippen LogP contribution in [0.5, 0.6) is 5.75 Å². The van der Waals surface area contributed by atoms with Gasteiger partial charge in [0.2, 0.25) is 0 Å². The minimum atomic E-state index is -0.825. The second-order valence-electron chi connectivity index (χ2n) is 6.59. The summed E-state index contributed by atoms with van der Waals surface area (Å²) in [6.07, 6.45) is 1.14. The van der Waals surface area contributed by atoms with Crippen LogP contribution in [0.15, 0.2) is 48.5 Å². The van der Waals surface area contributed by atoms with Gasteiger partial charge >= 0.3 is 0 Å². The van der Waals surface area contributed by atoms with E-state index in [-0.39, 0.29) is 17.8 Å². The van der Waals surface area contributed by atoms with Crippen molar-refractivity contribution in [3.05, 3.63) is 59.9 Å². The fourth-order valence-electron chi connectivity index (χ4n) is 2.90. The zero-order chi connectivity index (χ0) is 19.9. The number of carbonyl (C=O) groups excluding carboxylic acids is 2. The summed E-state index contributed by atoms with van der Waals surface area (Å²) in [4.78, 5) is 25.0. The first kappa shape index (κ1) is 19.8. The van der Waals surface area contributed by atoms with Crippen molar-refractivity contribution in [3.63, 3.8) is 0 Å². The molecule has 6 nitrogen and oxygen atoms in total. The monoisotopic (exact) mass is 386 g/mol. The maximum absolute atomic E-state index is 13.0. The summed E-state index contributed by atoms with van der Waals surface area (Å²) in [7, 11) is 0. The molecule has 2 aromatic carbocycles. The van der Waals surface area contributed by atoms with Gasteiger partial charge in [-0.1, -0.05) is 12.1 Å². The van der Waals surface area contributed by atoms with Crippen molar-refractivity contribution < 1.29 is 23.5 Å². The van der Waals surface area contributed by atoms with Crippen LogP contribution >= 0.6 is 0 Å². The number of benzene rings is 2. The van der Waals surface area contributed by atoms with E-state index in [1.165, 1.54) is 24.3 Å². The summed E-state index contributed by atoms with van der Waals surface area (Å²) in [5.41, 5.74) is 0.759. The second-order valence-corrected chi connectivity index (χ2v) is 6.59. The lowest BCUT2D eigenvalue weighted by Crippen LogP contribution is -2.34. The number of para-hydroxylation sites is 1. The highest BCUT2D eigenvalue weighted by molar-refractivity contribution is 6.04. The van der Waals surface area contributed by atoms with Crippen LogP contribution in [-0.4, -0.2) is 37.2 Å². The van der Waals surface area contributed by atoms with Gasteiger partial charge < -0.3 is 20.1 Å². The lowest BCUT2D eigenvalue weighted by molar-refractivity contribution is -0.122. The molecule has 1 fully saturated rings. The van der Waals surface area contributed by atoms with Crippen LogP contribution in [0.1, 0.15) is 30.1 Å². The number of amides is 2. The number of hydrogen-bond acceptors (Lipinski definition) is 4. The van der Waals surface area contributed by atoms with E-state index in [1.807, 2.05) is 0 Å². The molecule has 2 amide bonds. The summed E-state index contributed by atoms with van der Waals surface area (Å²) in [5.74, 6) is -0.693. The largest absolute Gasteiger partial charge is 0.481 e. The smallest absolute Gasteiger partial charge is 0.265 e. The van der Waals surface area contributed by atoms with E-state index in [0.29, 0.717) is 23.5 Å². The number of rotatable bonds is 7. The quantitative estimate of drug-likeness (QED) is 0.767. The molecule has 0 saturated carbocycles. The first-order valence-corrected chi connectivity index (χ1v) is 9.25. The third-order valence-corrected chi connectivity index (χ3v) is 4.44. The number of halogens is 1. The molecular weight excluding hydrogens is 363 g/mol. The third kappa shape index (κ3) is 5.29. The summed E-state index contributed by atoms with van der Waals surface area (Å²) in [6, 6.07) is 12.2. The zero-order valence-corrected chi connectivity index (χ0v) is 15.6. The number of ether oxygens (including phenoxy) is 2. The van der Waals surface area contributed by atoms with Gasteiger partial charge in [-0.2, -0.15) is 0 Å². The molecule has 0 radical (unpaired) electrons. The lowest BCUT2D eigenvalue weighted by Gasteiger charge is -2.17. The zero-order valence-electron chi connectivity index (χ0n) is 15.6. The fraction of sp³-hybridized carbons (Fsp3) is 0.333. The van der Waals surface area contributed by atoms with Crippen molar-refractivity contribution in [2.45, 2.75) is 32.0 Å². The summed E-state index contributed by atoms with van der Waals surface area (Å²) in [6.45, 7) is 2.74. The standard InChI is InChI=1S/C21H23FN2O4/c1-14(28-16-10-8-15(22)9-11-16)20(25)24-19-7-3-2-6-18(19)21(26)23-13-17-5-4-12-27-17/h2-3,6-11,14,17H,4-5,12-13H2,1H3,(H,23,26)(H,24,25)/t14-,17+/m1/s1. The van der Waals surface area contributed by atoms with Gasteiger partial charge in [-0.25, -0.2) is 4.39 Å². The molecule has 0 aromatic heterocycles. The SMILES string of the molecule is C[C@@H](Oc1ccc(F)cc1)C(=O)Nc1ccccc1C(=O)NC[C@@H]1CCCO1. The topological polar surface area (TPSA) is 76.7 Å². The summed E-state index contributed by atoms with van der Waals surface area (Å²) >= 11 is 0. The van der Waals surface area contributed by atoms with Gasteiger partial charge in [0.1, 0.15) is 11.6 Å². The molecule has 2 N–H and O–H groups in total. The van der Waals surface area contributed by atoms with Gasteiger partial charge in [0.15, 0.2) is 6.10 Å². The molecular formula is C21H23FN2O4. The Morgan fingerprint density at radius 2 is 1.96 bits per heavy atom. The lowest BCUT2D eigenvalue weighted by atomic mass is 10.1. The number of anilines is 1. The average Bonchev–Trinajstić information content (AvgIpc) is 3.22. The van der Waals surface area contributed by atoms with E-state index < -0.39 is 12.0 Å². The molecule has 0 aliphatic carbocycles. The van der Waals surface area contributed by atoms with Gasteiger partial charge in [-0.3, -0.25) is 9.59 Å². The van der Waals surface area contributed by atoms with E-state index in [4.69, 9.17) is 9.47 Å². The minimum absolute atomic E-state index is 0.0369. The van der Waals surface area contributed by atoms with E-state index in [2.05, 4.69) is 10.6 Å². The predicted molar refractivity (Wildman–Crippen MR) is 103 cm³/mol. The van der Waals surface area contributed by atoms with Crippen LogP contribution in [0.3, 0.4) is 0 Å². The molecule has 3 rings (SSSR count). The molecule has 1 aliphatic heterocycles. The Morgan fingerprint density at radius 1 is 1.21 bits per heavy atom. The maximum Gasteiger partial charge on any atom is 0.265 e. The van der Waals surface area contributed by atoms with E-state index in [0.717, 1.165) is 19.4 Å². The van der Waals surface area contributed by atoms with Gasteiger partial charge in [0.05, 0.1) is 17.4 Å². The normalized spacial score (nSPS) is 17.0. The third-order valence-electron chi connectivity index (χ3n) is 4.44. The Kier molecular flexibility index (Phi) is 6.60. The molecule has 2 atom stereocenters.